The third-order valence-electron chi connectivity index (χ3n) is 2.81. The van der Waals surface area contributed by atoms with Crippen molar-refractivity contribution in [3.8, 4) is 0 Å². The zero-order valence-corrected chi connectivity index (χ0v) is 14.4. The van der Waals surface area contributed by atoms with Crippen LogP contribution in [0.15, 0.2) is 52.8 Å². The van der Waals surface area contributed by atoms with E-state index in [1.165, 1.54) is 6.08 Å². The molecule has 2 aromatic carbocycles. The second-order valence-electron chi connectivity index (χ2n) is 4.66. The summed E-state index contributed by atoms with van der Waals surface area (Å²) in [5.41, 5.74) is 0.0777. The zero-order chi connectivity index (χ0) is 18.0. The Bertz CT molecular complexity index is 988. The van der Waals surface area contributed by atoms with Gasteiger partial charge in [0.05, 0.1) is 11.1 Å². The van der Waals surface area contributed by atoms with Crippen molar-refractivity contribution in [2.75, 3.05) is 4.72 Å². The lowest BCUT2D eigenvalue weighted by Crippen LogP contribution is -2.19. The molecule has 3 N–H and O–H groups in total. The highest BCUT2D eigenvalue weighted by Gasteiger charge is 2.21. The smallest absolute Gasteiger partial charge is 0.255 e. The lowest BCUT2D eigenvalue weighted by Gasteiger charge is -2.10. The van der Waals surface area contributed by atoms with Gasteiger partial charge < -0.3 is 0 Å². The number of nitrogens with one attached hydrogen (secondary N) is 1. The SMILES string of the molecule is NS(=O)(=O)c1c(F)cccc1NS(=O)(=O)C=Cc1ccc(Cl)cc1. The molecule has 0 atom stereocenters. The number of hydrogen-bond donors (Lipinski definition) is 2. The monoisotopic (exact) mass is 390 g/mol. The quantitative estimate of drug-likeness (QED) is 0.818. The third kappa shape index (κ3) is 4.78. The minimum absolute atomic E-state index is 0.474. The van der Waals surface area contributed by atoms with E-state index in [9.17, 15) is 21.2 Å². The Kier molecular flexibility index (Phi) is 5.29. The number of rotatable bonds is 5. The number of nitrogens with two attached hydrogens (primary N) is 1. The average Bonchev–Trinajstić information content (AvgIpc) is 2.45. The summed E-state index contributed by atoms with van der Waals surface area (Å²) in [5, 5.41) is 6.23. The zero-order valence-electron chi connectivity index (χ0n) is 12.0. The van der Waals surface area contributed by atoms with E-state index >= 15 is 0 Å². The van der Waals surface area contributed by atoms with Crippen LogP contribution in [0.4, 0.5) is 10.1 Å². The van der Waals surface area contributed by atoms with E-state index in [-0.39, 0.29) is 0 Å². The van der Waals surface area contributed by atoms with Crippen LogP contribution in [0, 0.1) is 5.82 Å². The molecule has 2 aromatic rings. The molecule has 0 spiro atoms. The van der Waals surface area contributed by atoms with Crippen molar-refractivity contribution in [3.63, 3.8) is 0 Å². The molecule has 0 radical (unpaired) electrons. The Balaban J connectivity index is 2.34. The normalized spacial score (nSPS) is 12.5. The number of primary sulfonamides is 1. The van der Waals surface area contributed by atoms with Crippen LogP contribution in [0.5, 0.6) is 0 Å². The van der Waals surface area contributed by atoms with Gasteiger partial charge >= 0.3 is 0 Å². The van der Waals surface area contributed by atoms with Crippen molar-refractivity contribution in [2.45, 2.75) is 4.90 Å². The van der Waals surface area contributed by atoms with E-state index in [0.717, 1.165) is 23.6 Å². The van der Waals surface area contributed by atoms with Gasteiger partial charge in [-0.25, -0.2) is 26.4 Å². The van der Waals surface area contributed by atoms with Crippen molar-refractivity contribution in [3.05, 3.63) is 64.3 Å². The maximum Gasteiger partial charge on any atom is 0.255 e. The molecule has 10 heteroatoms. The Labute approximate surface area is 143 Å². The second-order valence-corrected chi connectivity index (χ2v) is 8.16. The van der Waals surface area contributed by atoms with E-state index < -0.39 is 36.4 Å². The summed E-state index contributed by atoms with van der Waals surface area (Å²) in [4.78, 5) is -0.923. The molecule has 128 valence electrons. The summed E-state index contributed by atoms with van der Waals surface area (Å²) >= 11 is 5.73. The minimum Gasteiger partial charge on any atom is -0.279 e. The molecular weight excluding hydrogens is 379 g/mol. The van der Waals surface area contributed by atoms with Crippen LogP contribution in [-0.2, 0) is 20.0 Å². The molecule has 2 rings (SSSR count). The highest BCUT2D eigenvalue weighted by Crippen LogP contribution is 2.24. The van der Waals surface area contributed by atoms with Gasteiger partial charge in [-0.2, -0.15) is 0 Å². The van der Waals surface area contributed by atoms with E-state index in [4.69, 9.17) is 16.7 Å². The van der Waals surface area contributed by atoms with Crippen molar-refractivity contribution in [1.82, 2.24) is 0 Å². The summed E-state index contributed by atoms with van der Waals surface area (Å²) in [7, 11) is -8.54. The molecule has 0 bridgehead atoms. The van der Waals surface area contributed by atoms with E-state index in [1.54, 1.807) is 24.3 Å². The number of sulfonamides is 2. The number of benzene rings is 2. The van der Waals surface area contributed by atoms with Gasteiger partial charge in [-0.15, -0.1) is 0 Å². The molecule has 0 unspecified atom stereocenters. The summed E-state index contributed by atoms with van der Waals surface area (Å²) < 4.78 is 62.6. The molecule has 0 aliphatic heterocycles. The fourth-order valence-corrected chi connectivity index (χ4v) is 3.64. The van der Waals surface area contributed by atoms with Crippen molar-refractivity contribution >= 4 is 43.4 Å². The minimum atomic E-state index is -4.45. The molecule has 0 aromatic heterocycles. The van der Waals surface area contributed by atoms with Gasteiger partial charge in [0.2, 0.25) is 10.0 Å². The van der Waals surface area contributed by atoms with Crippen LogP contribution in [0.25, 0.3) is 6.08 Å². The Morgan fingerprint density at radius 3 is 2.25 bits per heavy atom. The first-order valence-electron chi connectivity index (χ1n) is 6.36. The molecule has 0 heterocycles. The number of halogens is 2. The number of anilines is 1. The first kappa shape index (κ1) is 18.4. The Hall–Kier alpha value is -1.94. The van der Waals surface area contributed by atoms with Crippen LogP contribution in [-0.4, -0.2) is 16.8 Å². The maximum atomic E-state index is 13.7. The number of hydrogen-bond acceptors (Lipinski definition) is 4. The molecule has 0 saturated carbocycles. The summed E-state index contributed by atoms with van der Waals surface area (Å²) in [6.07, 6.45) is 1.27. The lowest BCUT2D eigenvalue weighted by molar-refractivity contribution is 0.569. The maximum absolute atomic E-state index is 13.7. The molecule has 0 amide bonds. The lowest BCUT2D eigenvalue weighted by atomic mass is 10.2. The van der Waals surface area contributed by atoms with Crippen molar-refractivity contribution < 1.29 is 21.2 Å². The van der Waals surface area contributed by atoms with Gasteiger partial charge in [-0.1, -0.05) is 29.8 Å². The summed E-state index contributed by atoms with van der Waals surface area (Å²) in [6, 6.07) is 9.45. The van der Waals surface area contributed by atoms with Gasteiger partial charge in [-0.05, 0) is 35.9 Å². The van der Waals surface area contributed by atoms with E-state index in [1.807, 2.05) is 4.72 Å². The Morgan fingerprint density at radius 1 is 1.04 bits per heavy atom. The Morgan fingerprint density at radius 2 is 1.67 bits per heavy atom. The summed E-state index contributed by atoms with van der Waals surface area (Å²) in [5.74, 6) is -1.15. The topological polar surface area (TPSA) is 106 Å². The third-order valence-corrected chi connectivity index (χ3v) is 5.05. The standard InChI is InChI=1S/C14H12ClFN2O4S2/c15-11-6-4-10(5-7-11)8-9-23(19,20)18-13-3-1-2-12(16)14(13)24(17,21)22/h1-9,18H,(H2,17,21,22). The van der Waals surface area contributed by atoms with Crippen molar-refractivity contribution in [2.24, 2.45) is 5.14 Å². The van der Waals surface area contributed by atoms with Crippen LogP contribution in [0.3, 0.4) is 0 Å². The van der Waals surface area contributed by atoms with Crippen LogP contribution in [0.1, 0.15) is 5.56 Å². The van der Waals surface area contributed by atoms with Gasteiger partial charge in [0.15, 0.2) is 0 Å². The highest BCUT2D eigenvalue weighted by molar-refractivity contribution is 7.95. The molecule has 6 nitrogen and oxygen atoms in total. The average molecular weight is 391 g/mol. The van der Waals surface area contributed by atoms with Crippen LogP contribution < -0.4 is 9.86 Å². The molecule has 0 saturated heterocycles. The molecule has 0 fully saturated rings. The van der Waals surface area contributed by atoms with Crippen LogP contribution in [0.2, 0.25) is 5.02 Å². The highest BCUT2D eigenvalue weighted by atomic mass is 35.5. The molecule has 0 aliphatic carbocycles. The van der Waals surface area contributed by atoms with Gasteiger partial charge in [0, 0.05) is 5.02 Å². The fraction of sp³-hybridized carbons (Fsp3) is 0. The fourth-order valence-electron chi connectivity index (χ4n) is 1.81. The van der Waals surface area contributed by atoms with Crippen molar-refractivity contribution in [1.29, 1.82) is 0 Å². The molecule has 24 heavy (non-hydrogen) atoms. The van der Waals surface area contributed by atoms with Gasteiger partial charge in [0.25, 0.3) is 10.0 Å². The predicted octanol–water partition coefficient (Wildman–Crippen LogP) is 2.54. The second kappa shape index (κ2) is 6.89. The molecule has 0 aliphatic rings. The van der Waals surface area contributed by atoms with E-state index in [2.05, 4.69) is 0 Å². The van der Waals surface area contributed by atoms with Crippen LogP contribution >= 0.6 is 11.6 Å². The predicted molar refractivity (Wildman–Crippen MR) is 90.8 cm³/mol. The summed E-state index contributed by atoms with van der Waals surface area (Å²) in [6.45, 7) is 0. The first-order valence-corrected chi connectivity index (χ1v) is 9.83. The van der Waals surface area contributed by atoms with Gasteiger partial charge in [0.1, 0.15) is 10.7 Å². The van der Waals surface area contributed by atoms with E-state index in [0.29, 0.717) is 10.6 Å². The largest absolute Gasteiger partial charge is 0.279 e. The molecular formula is C14H12ClFN2O4S2. The van der Waals surface area contributed by atoms with Gasteiger partial charge in [-0.3, -0.25) is 4.72 Å². The first-order chi connectivity index (χ1) is 11.1.